The van der Waals surface area contributed by atoms with Gasteiger partial charge in [-0.2, -0.15) is 0 Å². The van der Waals surface area contributed by atoms with Crippen LogP contribution in [0.4, 0.5) is 0 Å². The summed E-state index contributed by atoms with van der Waals surface area (Å²) in [6.45, 7) is 0.427. The normalized spacial score (nSPS) is 16.7. The molecule has 4 nitrogen and oxygen atoms in total. The van der Waals surface area contributed by atoms with Crippen LogP contribution in [0, 0.1) is 0 Å². The zero-order chi connectivity index (χ0) is 16.1. The van der Waals surface area contributed by atoms with Gasteiger partial charge < -0.3 is 14.8 Å². The summed E-state index contributed by atoms with van der Waals surface area (Å²) in [4.78, 5) is 11.7. The quantitative estimate of drug-likeness (QED) is 0.892. The summed E-state index contributed by atoms with van der Waals surface area (Å²) in [5.41, 5.74) is 2.20. The van der Waals surface area contributed by atoms with Crippen molar-refractivity contribution in [3.8, 4) is 5.75 Å². The van der Waals surface area contributed by atoms with E-state index in [-0.39, 0.29) is 11.9 Å². The van der Waals surface area contributed by atoms with Crippen molar-refractivity contribution in [2.45, 2.75) is 19.1 Å². The zero-order valence-corrected chi connectivity index (χ0v) is 13.0. The van der Waals surface area contributed by atoms with Crippen molar-refractivity contribution in [1.82, 2.24) is 5.32 Å². The first kappa shape index (κ1) is 15.2. The number of methoxy groups -OCH3 is 1. The van der Waals surface area contributed by atoms with E-state index in [0.717, 1.165) is 17.7 Å². The Morgan fingerprint density at radius 1 is 1.00 bits per heavy atom. The molecule has 1 aliphatic rings. The fraction of sp³-hybridized carbons (Fsp3) is 0.211. The van der Waals surface area contributed by atoms with Crippen molar-refractivity contribution in [2.24, 2.45) is 0 Å². The van der Waals surface area contributed by atoms with Crippen LogP contribution >= 0.6 is 0 Å². The smallest absolute Gasteiger partial charge is 0.248 e. The molecular formula is C19H19NO3. The maximum Gasteiger partial charge on any atom is 0.248 e. The summed E-state index contributed by atoms with van der Waals surface area (Å²) >= 11 is 0. The van der Waals surface area contributed by atoms with Crippen LogP contribution in [-0.4, -0.2) is 19.1 Å². The van der Waals surface area contributed by atoms with Gasteiger partial charge in [-0.1, -0.05) is 42.5 Å². The maximum absolute atomic E-state index is 11.7. The summed E-state index contributed by atoms with van der Waals surface area (Å²) in [6.07, 6.45) is 2.26. The minimum atomic E-state index is -0.108. The number of benzene rings is 2. The molecule has 23 heavy (non-hydrogen) atoms. The number of amides is 1. The summed E-state index contributed by atoms with van der Waals surface area (Å²) in [7, 11) is 1.64. The summed E-state index contributed by atoms with van der Waals surface area (Å²) < 4.78 is 11.0. The van der Waals surface area contributed by atoms with Gasteiger partial charge in [-0.05, 0) is 29.7 Å². The van der Waals surface area contributed by atoms with E-state index in [1.54, 1.807) is 7.11 Å². The average Bonchev–Trinajstić information content (AvgIpc) is 2.94. The lowest BCUT2D eigenvalue weighted by molar-refractivity contribution is -0.116. The van der Waals surface area contributed by atoms with Crippen LogP contribution < -0.4 is 10.1 Å². The summed E-state index contributed by atoms with van der Waals surface area (Å²) in [5.74, 6) is 1.40. The zero-order valence-electron chi connectivity index (χ0n) is 13.0. The monoisotopic (exact) mass is 309 g/mol. The second-order valence-corrected chi connectivity index (χ2v) is 5.43. The highest BCUT2D eigenvalue weighted by molar-refractivity contribution is 5.91. The fourth-order valence-corrected chi connectivity index (χ4v) is 2.55. The highest BCUT2D eigenvalue weighted by atomic mass is 16.5. The minimum Gasteiger partial charge on any atom is -0.497 e. The SMILES string of the molecule is COc1ccc(COC2=CC(=O)NC2Cc2ccccc2)cc1. The third-order valence-electron chi connectivity index (χ3n) is 3.78. The second-order valence-electron chi connectivity index (χ2n) is 5.43. The first-order valence-corrected chi connectivity index (χ1v) is 7.56. The number of rotatable bonds is 6. The molecule has 4 heteroatoms. The van der Waals surface area contributed by atoms with E-state index in [4.69, 9.17) is 9.47 Å². The Morgan fingerprint density at radius 2 is 1.74 bits per heavy atom. The number of ether oxygens (including phenoxy) is 2. The molecule has 0 fully saturated rings. The van der Waals surface area contributed by atoms with Gasteiger partial charge in [0, 0.05) is 6.08 Å². The molecule has 3 rings (SSSR count). The van der Waals surface area contributed by atoms with Crippen molar-refractivity contribution in [2.75, 3.05) is 7.11 Å². The summed E-state index contributed by atoms with van der Waals surface area (Å²) in [6, 6.07) is 17.7. The largest absolute Gasteiger partial charge is 0.497 e. The van der Waals surface area contributed by atoms with E-state index < -0.39 is 0 Å². The number of hydrogen-bond acceptors (Lipinski definition) is 3. The lowest BCUT2D eigenvalue weighted by Crippen LogP contribution is -2.31. The second kappa shape index (κ2) is 7.01. The van der Waals surface area contributed by atoms with Gasteiger partial charge in [0.2, 0.25) is 5.91 Å². The van der Waals surface area contributed by atoms with Crippen LogP contribution in [0.1, 0.15) is 11.1 Å². The molecule has 1 N–H and O–H groups in total. The third-order valence-corrected chi connectivity index (χ3v) is 3.78. The molecule has 0 saturated carbocycles. The van der Waals surface area contributed by atoms with E-state index in [1.165, 1.54) is 11.6 Å². The van der Waals surface area contributed by atoms with Gasteiger partial charge in [-0.3, -0.25) is 4.79 Å². The standard InChI is InChI=1S/C19H19NO3/c1-22-16-9-7-15(8-10-16)13-23-18-12-19(21)20-17(18)11-14-5-3-2-4-6-14/h2-10,12,17H,11,13H2,1H3,(H,20,21). The van der Waals surface area contributed by atoms with Crippen LogP contribution in [0.25, 0.3) is 0 Å². The van der Waals surface area contributed by atoms with Crippen LogP contribution in [-0.2, 0) is 22.6 Å². The molecule has 2 aromatic carbocycles. The Hall–Kier alpha value is -2.75. The van der Waals surface area contributed by atoms with Gasteiger partial charge >= 0.3 is 0 Å². The van der Waals surface area contributed by atoms with Crippen LogP contribution in [0.2, 0.25) is 0 Å². The van der Waals surface area contributed by atoms with Crippen molar-refractivity contribution in [3.63, 3.8) is 0 Å². The highest BCUT2D eigenvalue weighted by Gasteiger charge is 2.25. The number of carbonyl (C=O) groups excluding carboxylic acids is 1. The first-order chi connectivity index (χ1) is 11.2. The molecule has 0 aromatic heterocycles. The molecule has 1 aliphatic heterocycles. The van der Waals surface area contributed by atoms with E-state index in [1.807, 2.05) is 54.6 Å². The van der Waals surface area contributed by atoms with E-state index in [9.17, 15) is 4.79 Å². The summed E-state index contributed by atoms with van der Waals surface area (Å²) in [5, 5.41) is 2.93. The number of nitrogens with one attached hydrogen (secondary N) is 1. The highest BCUT2D eigenvalue weighted by Crippen LogP contribution is 2.19. The van der Waals surface area contributed by atoms with Crippen LogP contribution in [0.3, 0.4) is 0 Å². The van der Waals surface area contributed by atoms with Gasteiger partial charge in [-0.15, -0.1) is 0 Å². The molecule has 118 valence electrons. The molecule has 0 bridgehead atoms. The first-order valence-electron chi connectivity index (χ1n) is 7.56. The molecular weight excluding hydrogens is 290 g/mol. The van der Waals surface area contributed by atoms with Crippen LogP contribution in [0.15, 0.2) is 66.4 Å². The van der Waals surface area contributed by atoms with Gasteiger partial charge in [0.25, 0.3) is 0 Å². The Balaban J connectivity index is 1.62. The number of hydrogen-bond donors (Lipinski definition) is 1. The van der Waals surface area contributed by atoms with E-state index >= 15 is 0 Å². The van der Waals surface area contributed by atoms with Crippen molar-refractivity contribution >= 4 is 5.91 Å². The molecule has 1 atom stereocenters. The Bertz CT molecular complexity index is 692. The lowest BCUT2D eigenvalue weighted by atomic mass is 10.1. The average molecular weight is 309 g/mol. The Morgan fingerprint density at radius 3 is 2.43 bits per heavy atom. The molecule has 2 aromatic rings. The van der Waals surface area contributed by atoms with Gasteiger partial charge in [0.05, 0.1) is 13.2 Å². The fourth-order valence-electron chi connectivity index (χ4n) is 2.55. The molecule has 0 spiro atoms. The van der Waals surface area contributed by atoms with E-state index in [2.05, 4.69) is 5.32 Å². The molecule has 1 heterocycles. The minimum absolute atomic E-state index is 0.101. The maximum atomic E-state index is 11.7. The van der Waals surface area contributed by atoms with Gasteiger partial charge in [0.15, 0.2) is 0 Å². The molecule has 0 radical (unpaired) electrons. The third kappa shape index (κ3) is 3.92. The predicted molar refractivity (Wildman–Crippen MR) is 87.9 cm³/mol. The molecule has 1 amide bonds. The van der Waals surface area contributed by atoms with E-state index in [0.29, 0.717) is 12.4 Å². The van der Waals surface area contributed by atoms with Crippen molar-refractivity contribution < 1.29 is 14.3 Å². The molecule has 0 aliphatic carbocycles. The Labute approximate surface area is 135 Å². The Kier molecular flexibility index (Phi) is 4.62. The predicted octanol–water partition coefficient (Wildman–Crippen LogP) is 2.84. The van der Waals surface area contributed by atoms with Crippen molar-refractivity contribution in [3.05, 3.63) is 77.6 Å². The molecule has 0 saturated heterocycles. The van der Waals surface area contributed by atoms with Gasteiger partial charge in [0.1, 0.15) is 18.1 Å². The van der Waals surface area contributed by atoms with Crippen molar-refractivity contribution in [1.29, 1.82) is 0 Å². The topological polar surface area (TPSA) is 47.6 Å². The lowest BCUT2D eigenvalue weighted by Gasteiger charge is -2.16. The van der Waals surface area contributed by atoms with Gasteiger partial charge in [-0.25, -0.2) is 0 Å². The molecule has 1 unspecified atom stereocenters. The van der Waals surface area contributed by atoms with Crippen LogP contribution in [0.5, 0.6) is 5.75 Å². The number of carbonyl (C=O) groups is 1.